The predicted molar refractivity (Wildman–Crippen MR) is 85.5 cm³/mol. The molecule has 0 radical (unpaired) electrons. The van der Waals surface area contributed by atoms with Crippen LogP contribution >= 0.6 is 0 Å². The van der Waals surface area contributed by atoms with Crippen molar-refractivity contribution in [1.82, 2.24) is 10.9 Å². The van der Waals surface area contributed by atoms with Gasteiger partial charge in [0.25, 0.3) is 11.4 Å². The zero-order valence-electron chi connectivity index (χ0n) is 12.0. The molecule has 0 saturated carbocycles. The topological polar surface area (TPSA) is 135 Å². The third kappa shape index (κ3) is 3.02. The van der Waals surface area contributed by atoms with Crippen LogP contribution in [0.1, 0.15) is 11.1 Å². The van der Waals surface area contributed by atoms with Gasteiger partial charge in [0, 0.05) is 35.4 Å². The number of hydrazone groups is 2. The van der Waals surface area contributed by atoms with Gasteiger partial charge in [0.15, 0.2) is 11.7 Å². The molecule has 0 amide bonds. The van der Waals surface area contributed by atoms with Gasteiger partial charge in [-0.05, 0) is 0 Å². The number of nitro benzene ring substituents is 2. The molecule has 24 heavy (non-hydrogen) atoms. The first-order valence-corrected chi connectivity index (χ1v) is 6.71. The third-order valence-corrected chi connectivity index (χ3v) is 3.21. The Labute approximate surface area is 134 Å². The van der Waals surface area contributed by atoms with Crippen molar-refractivity contribution in [2.45, 2.75) is 0 Å². The molecule has 1 heterocycles. The molecule has 2 aromatic carbocycles. The van der Waals surface area contributed by atoms with Crippen molar-refractivity contribution in [2.75, 3.05) is 0 Å². The highest BCUT2D eigenvalue weighted by Crippen LogP contribution is 2.16. The number of nitrogens with one attached hydrogen (secondary N) is 2. The Morgan fingerprint density at radius 1 is 0.750 bits per heavy atom. The summed E-state index contributed by atoms with van der Waals surface area (Å²) in [7, 11) is 0. The van der Waals surface area contributed by atoms with Crippen molar-refractivity contribution in [3.05, 3.63) is 79.9 Å². The zero-order valence-corrected chi connectivity index (χ0v) is 12.0. The zero-order chi connectivity index (χ0) is 17.1. The van der Waals surface area contributed by atoms with Crippen molar-refractivity contribution in [1.29, 1.82) is 0 Å². The molecule has 10 nitrogen and oxygen atoms in total. The van der Waals surface area contributed by atoms with Crippen LogP contribution in [0.3, 0.4) is 0 Å². The number of nitrogens with zero attached hydrogens (tertiary/aromatic N) is 4. The highest BCUT2D eigenvalue weighted by atomic mass is 16.6. The molecule has 2 aromatic rings. The molecular formula is C14H10N6O4. The van der Waals surface area contributed by atoms with Gasteiger partial charge in [-0.25, -0.2) is 0 Å². The average Bonchev–Trinajstić information content (AvgIpc) is 2.62. The molecule has 0 atom stereocenters. The first-order chi connectivity index (χ1) is 11.5. The molecule has 0 spiro atoms. The fourth-order valence-electron chi connectivity index (χ4n) is 2.06. The number of benzene rings is 2. The number of hydrogen-bond acceptors (Lipinski definition) is 8. The molecule has 3 rings (SSSR count). The fraction of sp³-hybridized carbons (Fsp3) is 0. The van der Waals surface area contributed by atoms with E-state index in [1.807, 2.05) is 0 Å². The van der Waals surface area contributed by atoms with E-state index in [0.29, 0.717) is 22.8 Å². The monoisotopic (exact) mass is 326 g/mol. The van der Waals surface area contributed by atoms with Crippen molar-refractivity contribution in [3.63, 3.8) is 0 Å². The second-order valence-electron chi connectivity index (χ2n) is 4.76. The smallest absolute Gasteiger partial charge is 0.258 e. The van der Waals surface area contributed by atoms with E-state index >= 15 is 0 Å². The molecule has 1 aliphatic rings. The third-order valence-electron chi connectivity index (χ3n) is 3.21. The molecule has 0 bridgehead atoms. The van der Waals surface area contributed by atoms with Crippen LogP contribution in [0.25, 0.3) is 0 Å². The molecule has 10 heteroatoms. The molecule has 0 fully saturated rings. The summed E-state index contributed by atoms with van der Waals surface area (Å²) in [5, 5.41) is 29.7. The number of nitro groups is 2. The minimum Gasteiger partial charge on any atom is -0.258 e. The Balaban J connectivity index is 1.81. The fourth-order valence-corrected chi connectivity index (χ4v) is 2.06. The lowest BCUT2D eigenvalue weighted by Crippen LogP contribution is -2.34. The van der Waals surface area contributed by atoms with Crippen molar-refractivity contribution >= 4 is 23.0 Å². The summed E-state index contributed by atoms with van der Waals surface area (Å²) in [6, 6.07) is 11.8. The SMILES string of the molecule is O=[N+]([O-])c1cccc(C2=NNC(c3cccc([N+](=O)[O-])c3)=NN2)c1. The van der Waals surface area contributed by atoms with Crippen LogP contribution in [0.15, 0.2) is 58.7 Å². The highest BCUT2D eigenvalue weighted by molar-refractivity contribution is 6.06. The molecule has 2 N–H and O–H groups in total. The number of non-ortho nitro benzene ring substituents is 2. The van der Waals surface area contributed by atoms with Crippen molar-refractivity contribution < 1.29 is 9.85 Å². The van der Waals surface area contributed by atoms with E-state index in [9.17, 15) is 20.2 Å². The lowest BCUT2D eigenvalue weighted by Gasteiger charge is -2.14. The maximum atomic E-state index is 10.8. The lowest BCUT2D eigenvalue weighted by atomic mass is 10.1. The molecular weight excluding hydrogens is 316 g/mol. The van der Waals surface area contributed by atoms with Gasteiger partial charge in [-0.3, -0.25) is 31.1 Å². The maximum absolute atomic E-state index is 10.8. The van der Waals surface area contributed by atoms with Crippen molar-refractivity contribution in [3.8, 4) is 0 Å². The molecule has 0 saturated heterocycles. The van der Waals surface area contributed by atoms with E-state index in [4.69, 9.17) is 0 Å². The van der Waals surface area contributed by atoms with Gasteiger partial charge in [-0.2, -0.15) is 10.2 Å². The normalized spacial score (nSPS) is 13.2. The van der Waals surface area contributed by atoms with Gasteiger partial charge in [0.05, 0.1) is 9.85 Å². The minimum atomic E-state index is -0.502. The van der Waals surface area contributed by atoms with Crippen LogP contribution in [-0.4, -0.2) is 21.5 Å². The first-order valence-electron chi connectivity index (χ1n) is 6.71. The Bertz CT molecular complexity index is 819. The average molecular weight is 326 g/mol. The van der Waals surface area contributed by atoms with E-state index < -0.39 is 9.85 Å². The summed E-state index contributed by atoms with van der Waals surface area (Å²) < 4.78 is 0. The maximum Gasteiger partial charge on any atom is 0.270 e. The lowest BCUT2D eigenvalue weighted by molar-refractivity contribution is -0.385. The molecule has 1 aliphatic heterocycles. The predicted octanol–water partition coefficient (Wildman–Crippen LogP) is 1.72. The second-order valence-corrected chi connectivity index (χ2v) is 4.76. The van der Waals surface area contributed by atoms with Gasteiger partial charge in [0.2, 0.25) is 0 Å². The molecule has 0 unspecified atom stereocenters. The number of amidine groups is 2. The Hall–Kier alpha value is -3.82. The van der Waals surface area contributed by atoms with Crippen LogP contribution in [0.2, 0.25) is 0 Å². The number of rotatable bonds is 4. The van der Waals surface area contributed by atoms with Gasteiger partial charge >= 0.3 is 0 Å². The molecule has 120 valence electrons. The Kier molecular flexibility index (Phi) is 3.85. The van der Waals surface area contributed by atoms with E-state index in [2.05, 4.69) is 21.1 Å². The van der Waals surface area contributed by atoms with Gasteiger partial charge in [0.1, 0.15) is 0 Å². The number of hydrogen-bond donors (Lipinski definition) is 2. The van der Waals surface area contributed by atoms with E-state index in [1.165, 1.54) is 36.4 Å². The molecule has 0 aromatic heterocycles. The quantitative estimate of drug-likeness (QED) is 0.648. The van der Waals surface area contributed by atoms with Crippen LogP contribution in [-0.2, 0) is 0 Å². The summed E-state index contributed by atoms with van der Waals surface area (Å²) >= 11 is 0. The summed E-state index contributed by atoms with van der Waals surface area (Å²) in [6.07, 6.45) is 0. The summed E-state index contributed by atoms with van der Waals surface area (Å²) in [5.74, 6) is 0.598. The largest absolute Gasteiger partial charge is 0.270 e. The van der Waals surface area contributed by atoms with E-state index in [1.54, 1.807) is 12.1 Å². The van der Waals surface area contributed by atoms with Gasteiger partial charge < -0.3 is 0 Å². The van der Waals surface area contributed by atoms with E-state index in [-0.39, 0.29) is 11.4 Å². The van der Waals surface area contributed by atoms with Crippen LogP contribution in [0.5, 0.6) is 0 Å². The van der Waals surface area contributed by atoms with Crippen LogP contribution < -0.4 is 10.9 Å². The standard InChI is InChI=1S/C14H10N6O4/c21-19(22)11-5-1-3-9(7-11)13-15-17-14(18-16-13)10-4-2-6-12(8-10)20(23)24/h1-8H,(H,15,16)(H,17,18). The summed E-state index contributed by atoms with van der Waals surface area (Å²) in [4.78, 5) is 20.6. The Morgan fingerprint density at radius 2 is 1.17 bits per heavy atom. The Morgan fingerprint density at radius 3 is 1.50 bits per heavy atom. The molecule has 0 aliphatic carbocycles. The summed E-state index contributed by atoms with van der Waals surface area (Å²) in [6.45, 7) is 0. The minimum absolute atomic E-state index is 0.0644. The van der Waals surface area contributed by atoms with Gasteiger partial charge in [-0.15, -0.1) is 0 Å². The van der Waals surface area contributed by atoms with Crippen molar-refractivity contribution in [2.24, 2.45) is 10.2 Å². The van der Waals surface area contributed by atoms with Gasteiger partial charge in [-0.1, -0.05) is 24.3 Å². The summed E-state index contributed by atoms with van der Waals surface area (Å²) in [5.41, 5.74) is 6.20. The van der Waals surface area contributed by atoms with Crippen LogP contribution in [0, 0.1) is 20.2 Å². The van der Waals surface area contributed by atoms with E-state index in [0.717, 1.165) is 0 Å². The highest BCUT2D eigenvalue weighted by Gasteiger charge is 2.16. The van der Waals surface area contributed by atoms with Crippen LogP contribution in [0.4, 0.5) is 11.4 Å². The first kappa shape index (κ1) is 15.1. The second kappa shape index (κ2) is 6.12.